The Morgan fingerprint density at radius 3 is 1.74 bits per heavy atom. The molecule has 2 nitrogen and oxygen atoms in total. The highest BCUT2D eigenvalue weighted by atomic mass is 16.4. The predicted molar refractivity (Wildman–Crippen MR) is 146 cm³/mol. The first-order valence-electron chi connectivity index (χ1n) is 12.2. The summed E-state index contributed by atoms with van der Waals surface area (Å²) in [7, 11) is -1.45. The summed E-state index contributed by atoms with van der Waals surface area (Å²) in [6.45, 7) is 0. The van der Waals surface area contributed by atoms with E-state index in [1.54, 1.807) is 0 Å². The lowest BCUT2D eigenvalue weighted by atomic mass is 9.77. The van der Waals surface area contributed by atoms with Gasteiger partial charge in [-0.1, -0.05) is 127 Å². The quantitative estimate of drug-likeness (QED) is 0.325. The van der Waals surface area contributed by atoms with Gasteiger partial charge >= 0.3 is 7.12 Å². The van der Waals surface area contributed by atoms with Gasteiger partial charge in [0.25, 0.3) is 0 Å². The van der Waals surface area contributed by atoms with E-state index in [1.807, 2.05) is 36.4 Å². The van der Waals surface area contributed by atoms with Gasteiger partial charge in [-0.2, -0.15) is 0 Å². The average molecular weight is 456 g/mol. The van der Waals surface area contributed by atoms with E-state index in [2.05, 4.69) is 91.0 Å². The zero-order valence-corrected chi connectivity index (χ0v) is 19.7. The lowest BCUT2D eigenvalue weighted by Crippen LogP contribution is -2.29. The van der Waals surface area contributed by atoms with E-state index >= 15 is 0 Å². The van der Waals surface area contributed by atoms with Gasteiger partial charge in [0.1, 0.15) is 0 Å². The fourth-order valence-corrected chi connectivity index (χ4v) is 4.89. The normalized spacial score (nSPS) is 15.9. The van der Waals surface area contributed by atoms with Crippen LogP contribution in [0.2, 0.25) is 0 Å². The first-order chi connectivity index (χ1) is 17.2. The van der Waals surface area contributed by atoms with Gasteiger partial charge < -0.3 is 10.0 Å². The molecule has 1 aliphatic carbocycles. The van der Waals surface area contributed by atoms with Crippen LogP contribution >= 0.6 is 0 Å². The smallest absolute Gasteiger partial charge is 0.423 e. The molecule has 1 aliphatic rings. The van der Waals surface area contributed by atoms with Crippen LogP contribution in [0.15, 0.2) is 127 Å². The molecule has 0 spiro atoms. The summed E-state index contributed by atoms with van der Waals surface area (Å²) in [5.41, 5.74) is 7.94. The molecule has 2 atom stereocenters. The molecule has 172 valence electrons. The molecule has 0 fully saturated rings. The Kier molecular flexibility index (Phi) is 7.08. The fourth-order valence-electron chi connectivity index (χ4n) is 4.89. The van der Waals surface area contributed by atoms with Crippen molar-refractivity contribution in [3.63, 3.8) is 0 Å². The second-order valence-corrected chi connectivity index (χ2v) is 9.20. The number of benzene rings is 4. The third-order valence-electron chi connectivity index (χ3n) is 6.89. The molecule has 0 saturated carbocycles. The van der Waals surface area contributed by atoms with Gasteiger partial charge in [0.05, 0.1) is 0 Å². The molecule has 2 N–H and O–H groups in total. The van der Waals surface area contributed by atoms with Crippen LogP contribution in [0.1, 0.15) is 35.4 Å². The van der Waals surface area contributed by atoms with Crippen molar-refractivity contribution in [1.82, 2.24) is 0 Å². The number of hydrogen-bond acceptors (Lipinski definition) is 2. The first kappa shape index (κ1) is 23.1. The maximum absolute atomic E-state index is 9.53. The summed E-state index contributed by atoms with van der Waals surface area (Å²) in [5, 5.41) is 19.1. The van der Waals surface area contributed by atoms with Crippen molar-refractivity contribution >= 4 is 18.2 Å². The number of rotatable bonds is 7. The van der Waals surface area contributed by atoms with Crippen LogP contribution in [0.5, 0.6) is 0 Å². The fraction of sp³-hybridized carbons (Fsp3) is 0.125. The van der Waals surface area contributed by atoms with Crippen molar-refractivity contribution in [2.75, 3.05) is 0 Å². The highest BCUT2D eigenvalue weighted by Gasteiger charge is 2.21. The van der Waals surface area contributed by atoms with Crippen molar-refractivity contribution in [2.24, 2.45) is 5.92 Å². The molecule has 0 heterocycles. The number of allylic oxidation sites excluding steroid dienone is 4. The molecule has 4 aromatic carbocycles. The highest BCUT2D eigenvalue weighted by molar-refractivity contribution is 6.58. The summed E-state index contributed by atoms with van der Waals surface area (Å²) < 4.78 is 0. The SMILES string of the molecule is OB(O)c1ccc(C(CC2C=CC(c3ccccc3)=CC2)c2ccc(-c3ccccc3)cc2)cc1. The molecule has 0 aromatic heterocycles. The highest BCUT2D eigenvalue weighted by Crippen LogP contribution is 2.36. The van der Waals surface area contributed by atoms with Crippen molar-refractivity contribution in [1.29, 1.82) is 0 Å². The van der Waals surface area contributed by atoms with Crippen molar-refractivity contribution < 1.29 is 10.0 Å². The Balaban J connectivity index is 1.40. The molecule has 2 unspecified atom stereocenters. The Morgan fingerprint density at radius 1 is 0.657 bits per heavy atom. The topological polar surface area (TPSA) is 40.5 Å². The molecule has 0 saturated heterocycles. The molecular weight excluding hydrogens is 427 g/mol. The lowest BCUT2D eigenvalue weighted by molar-refractivity contribution is 0.425. The van der Waals surface area contributed by atoms with Crippen molar-refractivity contribution in [2.45, 2.75) is 18.8 Å². The summed E-state index contributed by atoms with van der Waals surface area (Å²) in [6, 6.07) is 37.5. The van der Waals surface area contributed by atoms with E-state index in [1.165, 1.54) is 33.4 Å². The van der Waals surface area contributed by atoms with Crippen LogP contribution in [-0.2, 0) is 0 Å². The summed E-state index contributed by atoms with van der Waals surface area (Å²) in [5.74, 6) is 0.649. The number of hydrogen-bond donors (Lipinski definition) is 2. The van der Waals surface area contributed by atoms with E-state index in [0.717, 1.165) is 12.8 Å². The second kappa shape index (κ2) is 10.7. The Morgan fingerprint density at radius 2 is 1.20 bits per heavy atom. The van der Waals surface area contributed by atoms with Crippen LogP contribution in [0.4, 0.5) is 0 Å². The molecule has 4 aromatic rings. The minimum absolute atomic E-state index is 0.214. The third kappa shape index (κ3) is 5.54. The van der Waals surface area contributed by atoms with E-state index in [4.69, 9.17) is 0 Å². The standard InChI is InChI=1S/C32H29BO2/c34-33(35)31-21-19-30(20-22-31)32(29-17-15-28(16-18-29)26-9-5-2-6-10-26)23-24-11-13-27(14-12-24)25-7-3-1-4-8-25/h1-11,13-22,24,32,34-35H,12,23H2. The Hall–Kier alpha value is -3.66. The summed E-state index contributed by atoms with van der Waals surface area (Å²) in [4.78, 5) is 0. The monoisotopic (exact) mass is 456 g/mol. The van der Waals surface area contributed by atoms with E-state index < -0.39 is 7.12 Å². The molecule has 5 rings (SSSR count). The van der Waals surface area contributed by atoms with E-state index in [-0.39, 0.29) is 5.92 Å². The van der Waals surface area contributed by atoms with Gasteiger partial charge in [0, 0.05) is 5.92 Å². The largest absolute Gasteiger partial charge is 0.488 e. The van der Waals surface area contributed by atoms with Gasteiger partial charge in [0.2, 0.25) is 0 Å². The predicted octanol–water partition coefficient (Wildman–Crippen LogP) is 6.22. The molecule has 0 amide bonds. The van der Waals surface area contributed by atoms with Crippen LogP contribution in [0, 0.1) is 5.92 Å². The molecule has 0 bridgehead atoms. The molecule has 0 radical (unpaired) electrons. The zero-order chi connectivity index (χ0) is 24.0. The second-order valence-electron chi connectivity index (χ2n) is 9.20. The zero-order valence-electron chi connectivity index (χ0n) is 19.7. The minimum Gasteiger partial charge on any atom is -0.423 e. The lowest BCUT2D eigenvalue weighted by Gasteiger charge is -2.24. The Bertz CT molecular complexity index is 1290. The van der Waals surface area contributed by atoms with Gasteiger partial charge in [-0.15, -0.1) is 0 Å². The first-order valence-corrected chi connectivity index (χ1v) is 12.2. The minimum atomic E-state index is -1.45. The van der Waals surface area contributed by atoms with Gasteiger partial charge in [0.15, 0.2) is 0 Å². The average Bonchev–Trinajstić information content (AvgIpc) is 2.93. The summed E-state index contributed by atoms with van der Waals surface area (Å²) in [6.07, 6.45) is 8.94. The van der Waals surface area contributed by atoms with Gasteiger partial charge in [-0.25, -0.2) is 0 Å². The van der Waals surface area contributed by atoms with E-state index in [0.29, 0.717) is 11.4 Å². The maximum Gasteiger partial charge on any atom is 0.488 e. The van der Waals surface area contributed by atoms with E-state index in [9.17, 15) is 10.0 Å². The molecular formula is C32H29BO2. The van der Waals surface area contributed by atoms with Crippen LogP contribution < -0.4 is 5.46 Å². The molecule has 3 heteroatoms. The maximum atomic E-state index is 9.53. The van der Waals surface area contributed by atoms with Crippen molar-refractivity contribution in [3.05, 3.63) is 144 Å². The van der Waals surface area contributed by atoms with Gasteiger partial charge in [-0.3, -0.25) is 0 Å². The van der Waals surface area contributed by atoms with Crippen molar-refractivity contribution in [3.8, 4) is 11.1 Å². The Labute approximate surface area is 208 Å². The third-order valence-corrected chi connectivity index (χ3v) is 6.89. The molecule has 35 heavy (non-hydrogen) atoms. The van der Waals surface area contributed by atoms with Crippen LogP contribution in [-0.4, -0.2) is 17.2 Å². The molecule has 0 aliphatic heterocycles. The summed E-state index contributed by atoms with van der Waals surface area (Å²) >= 11 is 0. The van der Waals surface area contributed by atoms with Crippen LogP contribution in [0.3, 0.4) is 0 Å². The van der Waals surface area contributed by atoms with Crippen LogP contribution in [0.25, 0.3) is 16.7 Å². The van der Waals surface area contributed by atoms with Gasteiger partial charge in [-0.05, 0) is 57.6 Å².